The van der Waals surface area contributed by atoms with Crippen LogP contribution in [0.25, 0.3) is 0 Å². The first kappa shape index (κ1) is 13.1. The normalized spacial score (nSPS) is 17.4. The summed E-state index contributed by atoms with van der Waals surface area (Å²) in [4.78, 5) is 11.3. The van der Waals surface area contributed by atoms with E-state index in [0.717, 1.165) is 5.56 Å². The van der Waals surface area contributed by atoms with Gasteiger partial charge in [0.05, 0.1) is 4.90 Å². The van der Waals surface area contributed by atoms with Crippen molar-refractivity contribution in [1.82, 2.24) is 0 Å². The van der Waals surface area contributed by atoms with E-state index in [0.29, 0.717) is 18.4 Å². The van der Waals surface area contributed by atoms with E-state index in [1.807, 2.05) is 6.92 Å². The topological polar surface area (TPSA) is 71.4 Å². The van der Waals surface area contributed by atoms with Gasteiger partial charge >= 0.3 is 5.97 Å². The Kier molecular flexibility index (Phi) is 3.19. The number of carboxylic acids is 1. The molecule has 1 aliphatic carbocycles. The molecule has 1 atom stereocenters. The molecule has 0 amide bonds. The van der Waals surface area contributed by atoms with Crippen LogP contribution in [0.15, 0.2) is 23.1 Å². The minimum Gasteiger partial charge on any atom is -0.480 e. The van der Waals surface area contributed by atoms with Gasteiger partial charge in [-0.1, -0.05) is 17.7 Å². The lowest BCUT2D eigenvalue weighted by atomic mass is 10.2. The third-order valence-electron chi connectivity index (χ3n) is 3.26. The van der Waals surface area contributed by atoms with Gasteiger partial charge in [0.25, 0.3) is 0 Å². The number of carboxylic acid groups (broad SMARTS) is 1. The lowest BCUT2D eigenvalue weighted by molar-refractivity contribution is -0.136. The molecule has 0 aromatic heterocycles. The largest absolute Gasteiger partial charge is 0.480 e. The van der Waals surface area contributed by atoms with Crippen LogP contribution in [0, 0.1) is 19.8 Å². The van der Waals surface area contributed by atoms with Crippen molar-refractivity contribution in [1.29, 1.82) is 0 Å². The van der Waals surface area contributed by atoms with Crippen molar-refractivity contribution in [2.24, 2.45) is 5.92 Å². The molecule has 1 aromatic carbocycles. The Morgan fingerprint density at radius 2 is 1.94 bits per heavy atom. The number of sulfone groups is 1. The van der Waals surface area contributed by atoms with Gasteiger partial charge < -0.3 is 5.11 Å². The van der Waals surface area contributed by atoms with Crippen LogP contribution in [-0.4, -0.2) is 24.7 Å². The quantitative estimate of drug-likeness (QED) is 0.905. The zero-order valence-corrected chi connectivity index (χ0v) is 11.2. The standard InChI is InChI=1S/C13H16O4S/c1-8-3-6-11(9(2)7-8)18(16,17)12(13(14)15)10-4-5-10/h3,6-7,10,12H,4-5H2,1-2H3,(H,14,15). The van der Waals surface area contributed by atoms with Crippen LogP contribution < -0.4 is 0 Å². The molecule has 1 aromatic rings. The summed E-state index contributed by atoms with van der Waals surface area (Å²) in [6.07, 6.45) is 1.36. The fraction of sp³-hybridized carbons (Fsp3) is 0.462. The molecule has 1 unspecified atom stereocenters. The molecule has 1 N–H and O–H groups in total. The van der Waals surface area contributed by atoms with Gasteiger partial charge in [-0.05, 0) is 44.2 Å². The average Bonchev–Trinajstić information content (AvgIpc) is 2.99. The van der Waals surface area contributed by atoms with Crippen molar-refractivity contribution in [2.75, 3.05) is 0 Å². The molecular weight excluding hydrogens is 252 g/mol. The average molecular weight is 268 g/mol. The summed E-state index contributed by atoms with van der Waals surface area (Å²) >= 11 is 0. The van der Waals surface area contributed by atoms with Crippen molar-refractivity contribution in [3.05, 3.63) is 29.3 Å². The van der Waals surface area contributed by atoms with Crippen molar-refractivity contribution >= 4 is 15.8 Å². The van der Waals surface area contributed by atoms with Gasteiger partial charge in [-0.15, -0.1) is 0 Å². The summed E-state index contributed by atoms with van der Waals surface area (Å²) in [5, 5.41) is 7.85. The van der Waals surface area contributed by atoms with Crippen LogP contribution >= 0.6 is 0 Å². The predicted octanol–water partition coefficient (Wildman–Crippen LogP) is 1.94. The molecule has 5 heteroatoms. The molecular formula is C13H16O4S. The maximum atomic E-state index is 12.4. The maximum absolute atomic E-state index is 12.4. The zero-order valence-electron chi connectivity index (χ0n) is 10.4. The Hall–Kier alpha value is -1.36. The highest BCUT2D eigenvalue weighted by molar-refractivity contribution is 7.92. The second-order valence-corrected chi connectivity index (χ2v) is 6.95. The van der Waals surface area contributed by atoms with Crippen LogP contribution in [0.2, 0.25) is 0 Å². The third-order valence-corrected chi connectivity index (χ3v) is 5.59. The lowest BCUT2D eigenvalue weighted by Crippen LogP contribution is -2.32. The summed E-state index contributed by atoms with van der Waals surface area (Å²) in [5.74, 6) is -1.47. The smallest absolute Gasteiger partial charge is 0.322 e. The Labute approximate surface area is 107 Å². The van der Waals surface area contributed by atoms with E-state index >= 15 is 0 Å². The Balaban J connectivity index is 2.49. The highest BCUT2D eigenvalue weighted by Gasteiger charge is 2.46. The summed E-state index contributed by atoms with van der Waals surface area (Å²) < 4.78 is 24.8. The van der Waals surface area contributed by atoms with E-state index in [2.05, 4.69) is 0 Å². The molecule has 0 spiro atoms. The molecule has 18 heavy (non-hydrogen) atoms. The van der Waals surface area contributed by atoms with Crippen LogP contribution in [0.5, 0.6) is 0 Å². The van der Waals surface area contributed by atoms with E-state index < -0.39 is 21.1 Å². The summed E-state index contributed by atoms with van der Waals surface area (Å²) in [6.45, 7) is 3.57. The number of rotatable bonds is 4. The van der Waals surface area contributed by atoms with Crippen LogP contribution in [0.4, 0.5) is 0 Å². The molecule has 0 heterocycles. The highest BCUT2D eigenvalue weighted by atomic mass is 32.2. The van der Waals surface area contributed by atoms with Crippen LogP contribution in [-0.2, 0) is 14.6 Å². The van der Waals surface area contributed by atoms with Gasteiger partial charge in [0.2, 0.25) is 0 Å². The van der Waals surface area contributed by atoms with Gasteiger partial charge in [0.1, 0.15) is 0 Å². The Morgan fingerprint density at radius 1 is 1.33 bits per heavy atom. The SMILES string of the molecule is Cc1ccc(S(=O)(=O)C(C(=O)O)C2CC2)c(C)c1. The van der Waals surface area contributed by atoms with Gasteiger partial charge in [-0.25, -0.2) is 8.42 Å². The van der Waals surface area contributed by atoms with Crippen LogP contribution in [0.3, 0.4) is 0 Å². The number of hydrogen-bond acceptors (Lipinski definition) is 3. The summed E-state index contributed by atoms with van der Waals surface area (Å²) in [5.41, 5.74) is 1.58. The number of carbonyl (C=O) groups is 1. The molecule has 0 saturated heterocycles. The number of benzene rings is 1. The lowest BCUT2D eigenvalue weighted by Gasteiger charge is -2.14. The fourth-order valence-electron chi connectivity index (χ4n) is 2.24. The summed E-state index contributed by atoms with van der Waals surface area (Å²) in [6, 6.07) is 4.97. The fourth-order valence-corrected chi connectivity index (χ4v) is 4.33. The first-order chi connectivity index (χ1) is 8.34. The minimum absolute atomic E-state index is 0.146. The first-order valence-corrected chi connectivity index (χ1v) is 7.42. The summed E-state index contributed by atoms with van der Waals surface area (Å²) in [7, 11) is -3.78. The minimum atomic E-state index is -3.78. The Morgan fingerprint density at radius 3 is 2.39 bits per heavy atom. The van der Waals surface area contributed by atoms with E-state index in [9.17, 15) is 13.2 Å². The monoisotopic (exact) mass is 268 g/mol. The second-order valence-electron chi connectivity index (χ2n) is 4.91. The van der Waals surface area contributed by atoms with E-state index in [-0.39, 0.29) is 10.8 Å². The van der Waals surface area contributed by atoms with Crippen LogP contribution in [0.1, 0.15) is 24.0 Å². The molecule has 1 saturated carbocycles. The van der Waals surface area contributed by atoms with Gasteiger partial charge in [0, 0.05) is 0 Å². The van der Waals surface area contributed by atoms with E-state index in [1.165, 1.54) is 6.07 Å². The molecule has 0 aliphatic heterocycles. The molecule has 1 fully saturated rings. The number of aryl methyl sites for hydroxylation is 2. The number of hydrogen-bond donors (Lipinski definition) is 1. The third kappa shape index (κ3) is 2.27. The van der Waals surface area contributed by atoms with Gasteiger partial charge in [-0.2, -0.15) is 0 Å². The van der Waals surface area contributed by atoms with Crippen molar-refractivity contribution in [3.8, 4) is 0 Å². The first-order valence-electron chi connectivity index (χ1n) is 5.88. The zero-order chi connectivity index (χ0) is 13.5. The Bertz CT molecular complexity index is 585. The highest BCUT2D eigenvalue weighted by Crippen LogP contribution is 2.39. The van der Waals surface area contributed by atoms with Crippen molar-refractivity contribution < 1.29 is 18.3 Å². The van der Waals surface area contributed by atoms with E-state index in [4.69, 9.17) is 5.11 Å². The van der Waals surface area contributed by atoms with Gasteiger partial charge in [-0.3, -0.25) is 4.79 Å². The van der Waals surface area contributed by atoms with Gasteiger partial charge in [0.15, 0.2) is 15.1 Å². The van der Waals surface area contributed by atoms with Crippen molar-refractivity contribution in [2.45, 2.75) is 36.8 Å². The molecule has 0 bridgehead atoms. The second kappa shape index (κ2) is 4.39. The number of aliphatic carboxylic acids is 1. The van der Waals surface area contributed by atoms with Crippen molar-refractivity contribution in [3.63, 3.8) is 0 Å². The molecule has 4 nitrogen and oxygen atoms in total. The molecule has 0 radical (unpaired) electrons. The van der Waals surface area contributed by atoms with E-state index in [1.54, 1.807) is 19.1 Å². The predicted molar refractivity (Wildman–Crippen MR) is 67.2 cm³/mol. The molecule has 98 valence electrons. The maximum Gasteiger partial charge on any atom is 0.322 e. The molecule has 2 rings (SSSR count). The molecule has 1 aliphatic rings.